The number of likely N-dealkylation sites (tertiary alicyclic amines) is 1. The molecule has 0 aromatic carbocycles. The Labute approximate surface area is 162 Å². The van der Waals surface area contributed by atoms with Crippen molar-refractivity contribution in [2.24, 2.45) is 5.92 Å². The standard InChI is InChI=1S/C17H22Cl3N3O2/c1-2-4-14(24)21-16(17(18,19)20)22-8-11-7-12(10-22)13-5-3-6-15(25)23(13)9-11/h3,5-6,11-12,16H,2,4,7-10H2,1H3,(H,21,24). The lowest BCUT2D eigenvalue weighted by molar-refractivity contribution is -0.123. The van der Waals surface area contributed by atoms with E-state index in [9.17, 15) is 9.59 Å². The number of hydrogen-bond acceptors (Lipinski definition) is 3. The third-order valence-electron chi connectivity index (χ3n) is 4.96. The van der Waals surface area contributed by atoms with Crippen molar-refractivity contribution in [3.8, 4) is 0 Å². The van der Waals surface area contributed by atoms with Crippen LogP contribution in [0.4, 0.5) is 0 Å². The minimum Gasteiger partial charge on any atom is -0.337 e. The minimum atomic E-state index is -1.62. The molecule has 1 aromatic rings. The van der Waals surface area contributed by atoms with E-state index in [1.165, 1.54) is 0 Å². The van der Waals surface area contributed by atoms with Gasteiger partial charge in [-0.1, -0.05) is 47.8 Å². The van der Waals surface area contributed by atoms with Gasteiger partial charge in [0.15, 0.2) is 0 Å². The first-order chi connectivity index (χ1) is 11.8. The summed E-state index contributed by atoms with van der Waals surface area (Å²) in [6.45, 7) is 3.93. The summed E-state index contributed by atoms with van der Waals surface area (Å²) in [7, 11) is 0. The lowest BCUT2D eigenvalue weighted by Gasteiger charge is -2.47. The molecule has 0 radical (unpaired) electrons. The molecule has 2 aliphatic rings. The molecule has 3 atom stereocenters. The number of hydrogen-bond donors (Lipinski definition) is 1. The van der Waals surface area contributed by atoms with Gasteiger partial charge in [0.1, 0.15) is 6.17 Å². The van der Waals surface area contributed by atoms with E-state index in [-0.39, 0.29) is 17.4 Å². The molecule has 3 rings (SSSR count). The quantitative estimate of drug-likeness (QED) is 0.782. The van der Waals surface area contributed by atoms with Crippen molar-refractivity contribution in [2.75, 3.05) is 13.1 Å². The molecular formula is C17H22Cl3N3O2. The minimum absolute atomic E-state index is 0.0369. The molecule has 2 aliphatic heterocycles. The van der Waals surface area contributed by atoms with Crippen LogP contribution in [0.3, 0.4) is 0 Å². The van der Waals surface area contributed by atoms with Crippen molar-refractivity contribution in [2.45, 2.75) is 48.6 Å². The topological polar surface area (TPSA) is 54.3 Å². The zero-order valence-corrected chi connectivity index (χ0v) is 16.3. The van der Waals surface area contributed by atoms with Crippen LogP contribution in [0.2, 0.25) is 0 Å². The third-order valence-corrected chi connectivity index (χ3v) is 5.58. The molecule has 0 spiro atoms. The number of amides is 1. The molecule has 3 unspecified atom stereocenters. The van der Waals surface area contributed by atoms with Gasteiger partial charge in [-0.25, -0.2) is 0 Å². The van der Waals surface area contributed by atoms with Crippen LogP contribution in [0, 0.1) is 5.92 Å². The monoisotopic (exact) mass is 405 g/mol. The van der Waals surface area contributed by atoms with Crippen LogP contribution >= 0.6 is 34.8 Å². The molecular weight excluding hydrogens is 385 g/mol. The van der Waals surface area contributed by atoms with Gasteiger partial charge in [0.05, 0.1) is 0 Å². The highest BCUT2D eigenvalue weighted by Crippen LogP contribution is 2.39. The lowest BCUT2D eigenvalue weighted by Crippen LogP contribution is -2.60. The maximum Gasteiger partial charge on any atom is 0.250 e. The molecule has 0 aliphatic carbocycles. The van der Waals surface area contributed by atoms with Crippen molar-refractivity contribution in [3.63, 3.8) is 0 Å². The molecule has 8 heteroatoms. The molecule has 138 valence electrons. The van der Waals surface area contributed by atoms with Gasteiger partial charge in [-0.2, -0.15) is 0 Å². The van der Waals surface area contributed by atoms with Crippen LogP contribution in [0.5, 0.6) is 0 Å². The van der Waals surface area contributed by atoms with E-state index < -0.39 is 9.96 Å². The molecule has 0 saturated carbocycles. The largest absolute Gasteiger partial charge is 0.337 e. The van der Waals surface area contributed by atoms with E-state index >= 15 is 0 Å². The van der Waals surface area contributed by atoms with Gasteiger partial charge in [-0.15, -0.1) is 0 Å². The number of carbonyl (C=O) groups excluding carboxylic acids is 1. The molecule has 1 aromatic heterocycles. The highest BCUT2D eigenvalue weighted by molar-refractivity contribution is 6.68. The number of fused-ring (bicyclic) bond motifs is 4. The first kappa shape index (κ1) is 19.0. The number of rotatable bonds is 4. The Balaban J connectivity index is 1.84. The Kier molecular flexibility index (Phi) is 5.69. The lowest BCUT2D eigenvalue weighted by atomic mass is 9.83. The van der Waals surface area contributed by atoms with E-state index in [0.29, 0.717) is 32.0 Å². The first-order valence-electron chi connectivity index (χ1n) is 8.59. The Bertz CT molecular complexity index is 701. The predicted molar refractivity (Wildman–Crippen MR) is 100 cm³/mol. The highest BCUT2D eigenvalue weighted by atomic mass is 35.6. The first-order valence-corrected chi connectivity index (χ1v) is 9.73. The summed E-state index contributed by atoms with van der Waals surface area (Å²) in [5.74, 6) is 0.370. The normalized spacial score (nSPS) is 24.5. The molecule has 1 saturated heterocycles. The number of nitrogens with zero attached hydrogens (tertiary/aromatic N) is 2. The van der Waals surface area contributed by atoms with E-state index in [2.05, 4.69) is 5.32 Å². The predicted octanol–water partition coefficient (Wildman–Crippen LogP) is 2.88. The molecule has 5 nitrogen and oxygen atoms in total. The fourth-order valence-electron chi connectivity index (χ4n) is 3.98. The van der Waals surface area contributed by atoms with Gasteiger partial charge >= 0.3 is 0 Å². The fourth-order valence-corrected chi connectivity index (χ4v) is 4.55. The average Bonchev–Trinajstić information content (AvgIpc) is 2.53. The van der Waals surface area contributed by atoms with Gasteiger partial charge in [0.25, 0.3) is 5.56 Å². The number of carbonyl (C=O) groups is 1. The fraction of sp³-hybridized carbons (Fsp3) is 0.647. The molecule has 1 N–H and O–H groups in total. The summed E-state index contributed by atoms with van der Waals surface area (Å²) in [6, 6.07) is 5.38. The van der Waals surface area contributed by atoms with Crippen molar-refractivity contribution in [3.05, 3.63) is 34.2 Å². The zero-order valence-electron chi connectivity index (χ0n) is 14.1. The number of pyridine rings is 1. The maximum absolute atomic E-state index is 12.1. The Morgan fingerprint density at radius 1 is 1.32 bits per heavy atom. The van der Waals surface area contributed by atoms with Crippen LogP contribution in [-0.2, 0) is 11.3 Å². The van der Waals surface area contributed by atoms with Gasteiger partial charge in [-0.05, 0) is 24.8 Å². The summed E-state index contributed by atoms with van der Waals surface area (Å²) in [4.78, 5) is 26.2. The molecule has 1 amide bonds. The number of nitrogens with one attached hydrogen (secondary N) is 1. The van der Waals surface area contributed by atoms with Crippen LogP contribution in [0.15, 0.2) is 23.0 Å². The zero-order chi connectivity index (χ0) is 18.2. The second-order valence-corrected chi connectivity index (χ2v) is 9.28. The maximum atomic E-state index is 12.1. The summed E-state index contributed by atoms with van der Waals surface area (Å²) >= 11 is 18.5. The van der Waals surface area contributed by atoms with E-state index in [4.69, 9.17) is 34.8 Å². The van der Waals surface area contributed by atoms with Gasteiger partial charge < -0.3 is 9.88 Å². The van der Waals surface area contributed by atoms with E-state index in [1.807, 2.05) is 22.5 Å². The Morgan fingerprint density at radius 2 is 2.08 bits per heavy atom. The van der Waals surface area contributed by atoms with Gasteiger partial charge in [0, 0.05) is 43.7 Å². The second-order valence-electron chi connectivity index (χ2n) is 6.91. The number of piperidine rings is 1. The van der Waals surface area contributed by atoms with E-state index in [0.717, 1.165) is 18.5 Å². The average molecular weight is 407 g/mol. The van der Waals surface area contributed by atoms with Crippen LogP contribution in [0.1, 0.15) is 37.8 Å². The SMILES string of the molecule is CCCC(=O)NC(N1CC2CC(C1)c1cccc(=O)n1C2)C(Cl)(Cl)Cl. The van der Waals surface area contributed by atoms with Crippen molar-refractivity contribution < 1.29 is 4.79 Å². The molecule has 2 bridgehead atoms. The van der Waals surface area contributed by atoms with Crippen molar-refractivity contribution in [1.29, 1.82) is 0 Å². The van der Waals surface area contributed by atoms with E-state index in [1.54, 1.807) is 12.1 Å². The number of alkyl halides is 3. The summed E-state index contributed by atoms with van der Waals surface area (Å²) in [6.07, 6.45) is 1.47. The Hall–Kier alpha value is -0.750. The van der Waals surface area contributed by atoms with Crippen LogP contribution in [-0.4, -0.2) is 38.4 Å². The van der Waals surface area contributed by atoms with Crippen LogP contribution in [0.25, 0.3) is 0 Å². The summed E-state index contributed by atoms with van der Waals surface area (Å²) in [5.41, 5.74) is 1.06. The molecule has 25 heavy (non-hydrogen) atoms. The highest BCUT2D eigenvalue weighted by Gasteiger charge is 2.44. The van der Waals surface area contributed by atoms with Gasteiger partial charge in [-0.3, -0.25) is 14.5 Å². The van der Waals surface area contributed by atoms with Crippen molar-refractivity contribution >= 4 is 40.7 Å². The second kappa shape index (κ2) is 7.47. The number of halogens is 3. The Morgan fingerprint density at radius 3 is 2.76 bits per heavy atom. The van der Waals surface area contributed by atoms with Crippen LogP contribution < -0.4 is 10.9 Å². The smallest absolute Gasteiger partial charge is 0.250 e. The molecule has 1 fully saturated rings. The number of aromatic nitrogens is 1. The molecule has 3 heterocycles. The summed E-state index contributed by atoms with van der Waals surface area (Å²) in [5, 5.41) is 2.87. The third kappa shape index (κ3) is 4.16. The summed E-state index contributed by atoms with van der Waals surface area (Å²) < 4.78 is 0.238. The van der Waals surface area contributed by atoms with Crippen molar-refractivity contribution in [1.82, 2.24) is 14.8 Å². The van der Waals surface area contributed by atoms with Gasteiger partial charge in [0.2, 0.25) is 9.70 Å².